The molecule has 2 fully saturated rings. The molecule has 22 heavy (non-hydrogen) atoms. The van der Waals surface area contributed by atoms with Crippen LogP contribution in [0, 0.1) is 5.41 Å². The minimum atomic E-state index is 0.192. The van der Waals surface area contributed by atoms with Crippen LogP contribution in [-0.4, -0.2) is 22.9 Å². The Kier molecular flexibility index (Phi) is 4.16. The van der Waals surface area contributed by atoms with Gasteiger partial charge >= 0.3 is 0 Å². The third-order valence-electron chi connectivity index (χ3n) is 5.04. The van der Waals surface area contributed by atoms with Gasteiger partial charge in [0.25, 0.3) is 0 Å². The molecule has 0 bridgehead atoms. The van der Waals surface area contributed by atoms with Gasteiger partial charge in [0.1, 0.15) is 0 Å². The monoisotopic (exact) mass is 300 g/mol. The number of nitrogens with one attached hydrogen (secondary N) is 1. The number of anilines is 1. The van der Waals surface area contributed by atoms with Gasteiger partial charge in [-0.3, -0.25) is 4.79 Å². The molecule has 120 valence electrons. The largest absolute Gasteiger partial charge is 0.382 e. The number of carbonyl (C=O) groups is 1. The lowest BCUT2D eigenvalue weighted by molar-refractivity contribution is -0.130. The van der Waals surface area contributed by atoms with E-state index < -0.39 is 0 Å². The molecule has 2 aliphatic rings. The molecule has 0 spiro atoms. The molecule has 1 atom stereocenters. The topological polar surface area (TPSA) is 32.3 Å². The first-order chi connectivity index (χ1) is 10.4. The smallest absolute Gasteiger partial charge is 0.219 e. The second-order valence-corrected chi connectivity index (χ2v) is 7.82. The van der Waals surface area contributed by atoms with Gasteiger partial charge in [0, 0.05) is 31.2 Å². The van der Waals surface area contributed by atoms with E-state index in [1.165, 1.54) is 30.5 Å². The summed E-state index contributed by atoms with van der Waals surface area (Å²) < 4.78 is 0. The molecule has 3 heteroatoms. The highest BCUT2D eigenvalue weighted by molar-refractivity contribution is 5.74. The van der Waals surface area contributed by atoms with Gasteiger partial charge in [-0.05, 0) is 55.2 Å². The van der Waals surface area contributed by atoms with Crippen LogP contribution in [0.2, 0.25) is 0 Å². The third-order valence-corrected chi connectivity index (χ3v) is 5.04. The van der Waals surface area contributed by atoms with Crippen molar-refractivity contribution in [2.75, 3.05) is 5.32 Å². The molecule has 0 heterocycles. The van der Waals surface area contributed by atoms with E-state index in [1.807, 2.05) is 4.90 Å². The molecule has 2 saturated carbocycles. The zero-order valence-electron chi connectivity index (χ0n) is 14.1. The highest BCUT2D eigenvalue weighted by atomic mass is 16.2. The standard InChI is InChI=1S/C19H28N2O/c1-14(22)21(18-8-9-18)13-15-4-6-16(7-5-15)20-17-10-11-19(2,3)12-17/h4-7,17-18,20H,8-13H2,1-3H3. The molecule has 1 N–H and O–H groups in total. The Bertz CT molecular complexity index is 531. The Morgan fingerprint density at radius 1 is 1.23 bits per heavy atom. The molecular weight excluding hydrogens is 272 g/mol. The molecule has 0 saturated heterocycles. The second-order valence-electron chi connectivity index (χ2n) is 7.82. The highest BCUT2D eigenvalue weighted by Crippen LogP contribution is 2.38. The summed E-state index contributed by atoms with van der Waals surface area (Å²) in [6.07, 6.45) is 6.13. The Morgan fingerprint density at radius 3 is 2.41 bits per heavy atom. The number of hydrogen-bond donors (Lipinski definition) is 1. The van der Waals surface area contributed by atoms with Crippen LogP contribution in [0.5, 0.6) is 0 Å². The van der Waals surface area contributed by atoms with E-state index in [0.717, 1.165) is 19.4 Å². The van der Waals surface area contributed by atoms with Gasteiger partial charge in [-0.25, -0.2) is 0 Å². The molecule has 0 radical (unpaired) electrons. The van der Waals surface area contributed by atoms with Gasteiger partial charge in [0.2, 0.25) is 5.91 Å². The molecule has 3 rings (SSSR count). The van der Waals surface area contributed by atoms with E-state index in [1.54, 1.807) is 6.92 Å². The maximum atomic E-state index is 11.7. The van der Waals surface area contributed by atoms with Crippen molar-refractivity contribution >= 4 is 11.6 Å². The van der Waals surface area contributed by atoms with Crippen molar-refractivity contribution in [1.82, 2.24) is 4.90 Å². The molecule has 0 aliphatic heterocycles. The number of benzene rings is 1. The van der Waals surface area contributed by atoms with Crippen LogP contribution >= 0.6 is 0 Å². The first-order valence-corrected chi connectivity index (χ1v) is 8.56. The van der Waals surface area contributed by atoms with Crippen LogP contribution in [0.3, 0.4) is 0 Å². The zero-order valence-corrected chi connectivity index (χ0v) is 14.1. The van der Waals surface area contributed by atoms with Crippen molar-refractivity contribution in [3.8, 4) is 0 Å². The Balaban J connectivity index is 1.57. The summed E-state index contributed by atoms with van der Waals surface area (Å²) in [7, 11) is 0. The van der Waals surface area contributed by atoms with Gasteiger partial charge in [0.05, 0.1) is 0 Å². The molecule has 1 amide bonds. The second kappa shape index (κ2) is 5.94. The van der Waals surface area contributed by atoms with Crippen LogP contribution in [0.15, 0.2) is 24.3 Å². The number of carbonyl (C=O) groups excluding carboxylic acids is 1. The van der Waals surface area contributed by atoms with Crippen molar-refractivity contribution in [3.63, 3.8) is 0 Å². The maximum Gasteiger partial charge on any atom is 0.219 e. The Labute approximate surface area is 134 Å². The van der Waals surface area contributed by atoms with E-state index in [2.05, 4.69) is 43.4 Å². The fourth-order valence-corrected chi connectivity index (χ4v) is 3.58. The zero-order chi connectivity index (χ0) is 15.7. The van der Waals surface area contributed by atoms with Crippen LogP contribution in [0.4, 0.5) is 5.69 Å². The molecule has 1 unspecified atom stereocenters. The molecule has 1 aromatic carbocycles. The third kappa shape index (κ3) is 3.82. The summed E-state index contributed by atoms with van der Waals surface area (Å²) in [4.78, 5) is 13.7. The van der Waals surface area contributed by atoms with Gasteiger partial charge in [0.15, 0.2) is 0 Å². The normalized spacial score (nSPS) is 23.3. The highest BCUT2D eigenvalue weighted by Gasteiger charge is 2.31. The number of nitrogens with zero attached hydrogens (tertiary/aromatic N) is 1. The SMILES string of the molecule is CC(=O)N(Cc1ccc(NC2CCC(C)(C)C2)cc1)C1CC1. The molecule has 0 aromatic heterocycles. The summed E-state index contributed by atoms with van der Waals surface area (Å²) in [6.45, 7) is 7.13. The quantitative estimate of drug-likeness (QED) is 0.884. The van der Waals surface area contributed by atoms with Crippen LogP contribution in [-0.2, 0) is 11.3 Å². The fraction of sp³-hybridized carbons (Fsp3) is 0.632. The summed E-state index contributed by atoms with van der Waals surface area (Å²) >= 11 is 0. The van der Waals surface area contributed by atoms with Crippen molar-refractivity contribution in [2.45, 2.75) is 71.5 Å². The van der Waals surface area contributed by atoms with E-state index in [0.29, 0.717) is 17.5 Å². The first kappa shape index (κ1) is 15.4. The van der Waals surface area contributed by atoms with Crippen LogP contribution in [0.25, 0.3) is 0 Å². The lowest BCUT2D eigenvalue weighted by Gasteiger charge is -2.21. The van der Waals surface area contributed by atoms with E-state index in [9.17, 15) is 4.79 Å². The minimum Gasteiger partial charge on any atom is -0.382 e. The molecular formula is C19H28N2O. The Hall–Kier alpha value is -1.51. The summed E-state index contributed by atoms with van der Waals surface area (Å²) in [6, 6.07) is 9.70. The van der Waals surface area contributed by atoms with Gasteiger partial charge < -0.3 is 10.2 Å². The lowest BCUT2D eigenvalue weighted by atomic mass is 9.92. The average molecular weight is 300 g/mol. The van der Waals surface area contributed by atoms with Crippen molar-refractivity contribution < 1.29 is 4.79 Å². The Morgan fingerprint density at radius 2 is 1.91 bits per heavy atom. The van der Waals surface area contributed by atoms with E-state index in [4.69, 9.17) is 0 Å². The number of amides is 1. The average Bonchev–Trinajstić information content (AvgIpc) is 3.22. The van der Waals surface area contributed by atoms with Crippen molar-refractivity contribution in [2.24, 2.45) is 5.41 Å². The summed E-state index contributed by atoms with van der Waals surface area (Å²) in [5.41, 5.74) is 2.90. The lowest BCUT2D eigenvalue weighted by Crippen LogP contribution is -2.30. The van der Waals surface area contributed by atoms with Gasteiger partial charge in [-0.1, -0.05) is 26.0 Å². The summed E-state index contributed by atoms with van der Waals surface area (Å²) in [5.74, 6) is 0.192. The first-order valence-electron chi connectivity index (χ1n) is 8.56. The van der Waals surface area contributed by atoms with Crippen LogP contribution < -0.4 is 5.32 Å². The number of rotatable bonds is 5. The van der Waals surface area contributed by atoms with Crippen LogP contribution in [0.1, 0.15) is 58.4 Å². The molecule has 3 nitrogen and oxygen atoms in total. The molecule has 1 aromatic rings. The number of hydrogen-bond acceptors (Lipinski definition) is 2. The van der Waals surface area contributed by atoms with Crippen molar-refractivity contribution in [1.29, 1.82) is 0 Å². The van der Waals surface area contributed by atoms with E-state index in [-0.39, 0.29) is 5.91 Å². The predicted molar refractivity (Wildman–Crippen MR) is 90.7 cm³/mol. The fourth-order valence-electron chi connectivity index (χ4n) is 3.58. The predicted octanol–water partition coefficient (Wildman–Crippen LogP) is 4.19. The van der Waals surface area contributed by atoms with Crippen molar-refractivity contribution in [3.05, 3.63) is 29.8 Å². The maximum absolute atomic E-state index is 11.7. The van der Waals surface area contributed by atoms with Gasteiger partial charge in [-0.15, -0.1) is 0 Å². The minimum absolute atomic E-state index is 0.192. The van der Waals surface area contributed by atoms with Gasteiger partial charge in [-0.2, -0.15) is 0 Å². The van der Waals surface area contributed by atoms with E-state index >= 15 is 0 Å². The molecule has 2 aliphatic carbocycles. The summed E-state index contributed by atoms with van der Waals surface area (Å²) in [5, 5.41) is 3.65.